The first-order valence-electron chi connectivity index (χ1n) is 4.61. The first kappa shape index (κ1) is 11.4. The fourth-order valence-corrected chi connectivity index (χ4v) is 1.06. The van der Waals surface area contributed by atoms with Crippen molar-refractivity contribution in [1.29, 1.82) is 0 Å². The summed E-state index contributed by atoms with van der Waals surface area (Å²) in [6.45, 7) is 6.68. The van der Waals surface area contributed by atoms with Gasteiger partial charge in [0, 0.05) is 12.5 Å². The Morgan fingerprint density at radius 2 is 2.08 bits per heavy atom. The summed E-state index contributed by atoms with van der Waals surface area (Å²) in [5.74, 6) is 0.575. The highest BCUT2D eigenvalue weighted by molar-refractivity contribution is 5.75. The lowest BCUT2D eigenvalue weighted by Crippen LogP contribution is -2.39. The van der Waals surface area contributed by atoms with E-state index in [-0.39, 0.29) is 11.9 Å². The molecule has 12 heavy (non-hydrogen) atoms. The van der Waals surface area contributed by atoms with Gasteiger partial charge in [-0.2, -0.15) is 0 Å². The predicted octanol–water partition coefficient (Wildman–Crippen LogP) is 0.886. The van der Waals surface area contributed by atoms with Gasteiger partial charge in [0.05, 0.1) is 0 Å². The molecule has 0 saturated carbocycles. The van der Waals surface area contributed by atoms with Gasteiger partial charge in [0.2, 0.25) is 5.91 Å². The van der Waals surface area contributed by atoms with Crippen LogP contribution in [0.15, 0.2) is 0 Å². The van der Waals surface area contributed by atoms with Crippen molar-refractivity contribution >= 4 is 5.91 Å². The Morgan fingerprint density at radius 1 is 1.50 bits per heavy atom. The van der Waals surface area contributed by atoms with Gasteiger partial charge >= 0.3 is 0 Å². The number of carbonyl (C=O) groups excluding carboxylic acids is 1. The summed E-state index contributed by atoms with van der Waals surface area (Å²) in [5, 5.41) is 2.95. The van der Waals surface area contributed by atoms with Gasteiger partial charge in [-0.25, -0.2) is 0 Å². The van der Waals surface area contributed by atoms with Crippen molar-refractivity contribution in [3.63, 3.8) is 0 Å². The van der Waals surface area contributed by atoms with Crippen LogP contribution in [0.3, 0.4) is 0 Å². The van der Waals surface area contributed by atoms with Crippen LogP contribution in [0.4, 0.5) is 0 Å². The minimum atomic E-state index is 0.113. The molecule has 0 aromatic carbocycles. The van der Waals surface area contributed by atoms with Crippen LogP contribution in [0, 0.1) is 5.92 Å². The highest BCUT2D eigenvalue weighted by Crippen LogP contribution is 2.04. The molecule has 1 atom stereocenters. The molecule has 0 radical (unpaired) electrons. The Morgan fingerprint density at radius 3 is 2.42 bits per heavy atom. The van der Waals surface area contributed by atoms with Crippen molar-refractivity contribution in [1.82, 2.24) is 5.32 Å². The van der Waals surface area contributed by atoms with Crippen LogP contribution in [0.25, 0.3) is 0 Å². The summed E-state index contributed by atoms with van der Waals surface area (Å²) in [5.41, 5.74) is 5.43. The van der Waals surface area contributed by atoms with E-state index in [1.807, 2.05) is 6.92 Å². The summed E-state index contributed by atoms with van der Waals surface area (Å²) >= 11 is 0. The normalized spacial score (nSPS) is 13.1. The number of carbonyl (C=O) groups is 1. The zero-order valence-corrected chi connectivity index (χ0v) is 8.26. The van der Waals surface area contributed by atoms with E-state index in [9.17, 15) is 4.79 Å². The highest BCUT2D eigenvalue weighted by atomic mass is 16.1. The molecule has 3 N–H and O–H groups in total. The molecule has 0 bridgehead atoms. The minimum Gasteiger partial charge on any atom is -0.353 e. The lowest BCUT2D eigenvalue weighted by Gasteiger charge is -2.21. The van der Waals surface area contributed by atoms with Crippen molar-refractivity contribution < 1.29 is 4.79 Å². The summed E-state index contributed by atoms with van der Waals surface area (Å²) < 4.78 is 0. The van der Waals surface area contributed by atoms with Crippen molar-refractivity contribution in [2.75, 3.05) is 6.54 Å². The molecule has 0 rings (SSSR count). The summed E-state index contributed by atoms with van der Waals surface area (Å²) in [4.78, 5) is 11.0. The molecule has 0 aliphatic heterocycles. The smallest absolute Gasteiger partial charge is 0.219 e. The van der Waals surface area contributed by atoms with E-state index in [4.69, 9.17) is 5.73 Å². The fourth-order valence-electron chi connectivity index (χ4n) is 1.06. The largest absolute Gasteiger partial charge is 0.353 e. The molecule has 1 unspecified atom stereocenters. The maximum Gasteiger partial charge on any atom is 0.219 e. The molecule has 0 aliphatic carbocycles. The quantitative estimate of drug-likeness (QED) is 0.647. The molecule has 1 amide bonds. The predicted molar refractivity (Wildman–Crippen MR) is 50.7 cm³/mol. The van der Waals surface area contributed by atoms with Gasteiger partial charge in [0.1, 0.15) is 0 Å². The van der Waals surface area contributed by atoms with Crippen molar-refractivity contribution in [3.8, 4) is 0 Å². The molecule has 0 heterocycles. The van der Waals surface area contributed by atoms with Gasteiger partial charge in [-0.05, 0) is 18.9 Å². The second kappa shape index (κ2) is 6.00. The summed E-state index contributed by atoms with van der Waals surface area (Å²) in [7, 11) is 0. The van der Waals surface area contributed by atoms with E-state index in [0.717, 1.165) is 6.42 Å². The molecule has 0 saturated heterocycles. The Labute approximate surface area is 74.7 Å². The molecule has 72 valence electrons. The van der Waals surface area contributed by atoms with Gasteiger partial charge in [-0.15, -0.1) is 0 Å². The second-order valence-corrected chi connectivity index (χ2v) is 3.35. The lowest BCUT2D eigenvalue weighted by atomic mass is 10.0. The van der Waals surface area contributed by atoms with Crippen LogP contribution in [-0.2, 0) is 4.79 Å². The summed E-state index contributed by atoms with van der Waals surface area (Å²) in [6.07, 6.45) is 1.41. The Balaban J connectivity index is 3.86. The van der Waals surface area contributed by atoms with E-state index in [1.165, 1.54) is 0 Å². The summed E-state index contributed by atoms with van der Waals surface area (Å²) in [6, 6.07) is 0.238. The van der Waals surface area contributed by atoms with Crippen LogP contribution in [0.2, 0.25) is 0 Å². The second-order valence-electron chi connectivity index (χ2n) is 3.35. The molecule has 3 nitrogen and oxygen atoms in total. The van der Waals surface area contributed by atoms with E-state index in [0.29, 0.717) is 18.9 Å². The van der Waals surface area contributed by atoms with Crippen LogP contribution in [0.5, 0.6) is 0 Å². The molecule has 0 aliphatic rings. The topological polar surface area (TPSA) is 55.1 Å². The van der Waals surface area contributed by atoms with Crippen LogP contribution < -0.4 is 11.1 Å². The number of amides is 1. The average Bonchev–Trinajstić information content (AvgIpc) is 2.03. The maximum absolute atomic E-state index is 11.0. The fraction of sp³-hybridized carbons (Fsp3) is 0.889. The molecule has 0 spiro atoms. The van der Waals surface area contributed by atoms with Crippen LogP contribution >= 0.6 is 0 Å². The first-order chi connectivity index (χ1) is 5.61. The van der Waals surface area contributed by atoms with E-state index < -0.39 is 0 Å². The third-order valence-electron chi connectivity index (χ3n) is 1.95. The van der Waals surface area contributed by atoms with E-state index in [2.05, 4.69) is 19.2 Å². The molecule has 3 heteroatoms. The average molecular weight is 172 g/mol. The van der Waals surface area contributed by atoms with Gasteiger partial charge in [0.25, 0.3) is 0 Å². The van der Waals surface area contributed by atoms with Crippen molar-refractivity contribution in [2.24, 2.45) is 11.7 Å². The van der Waals surface area contributed by atoms with Gasteiger partial charge in [0.15, 0.2) is 0 Å². The SMILES string of the molecule is CCC(=O)NC(CCN)C(C)C. The van der Waals surface area contributed by atoms with E-state index in [1.54, 1.807) is 0 Å². The third kappa shape index (κ3) is 4.34. The molecule has 0 aromatic heterocycles. The van der Waals surface area contributed by atoms with Gasteiger partial charge in [-0.3, -0.25) is 4.79 Å². The molecular formula is C9H20N2O. The Kier molecular flexibility index (Phi) is 5.72. The van der Waals surface area contributed by atoms with E-state index >= 15 is 0 Å². The molecule has 0 aromatic rings. The highest BCUT2D eigenvalue weighted by Gasteiger charge is 2.13. The number of nitrogens with two attached hydrogens (primary N) is 1. The number of nitrogens with one attached hydrogen (secondary N) is 1. The number of rotatable bonds is 5. The van der Waals surface area contributed by atoms with Crippen molar-refractivity contribution in [2.45, 2.75) is 39.7 Å². The van der Waals surface area contributed by atoms with Crippen molar-refractivity contribution in [3.05, 3.63) is 0 Å². The molecule has 0 fully saturated rings. The first-order valence-corrected chi connectivity index (χ1v) is 4.61. The Hall–Kier alpha value is -0.570. The van der Waals surface area contributed by atoms with Crippen LogP contribution in [0.1, 0.15) is 33.6 Å². The van der Waals surface area contributed by atoms with Crippen LogP contribution in [-0.4, -0.2) is 18.5 Å². The lowest BCUT2D eigenvalue weighted by molar-refractivity contribution is -0.121. The maximum atomic E-state index is 11.0. The number of hydrogen-bond acceptors (Lipinski definition) is 2. The van der Waals surface area contributed by atoms with Gasteiger partial charge < -0.3 is 11.1 Å². The third-order valence-corrected chi connectivity index (χ3v) is 1.95. The zero-order valence-electron chi connectivity index (χ0n) is 8.26. The van der Waals surface area contributed by atoms with Gasteiger partial charge in [-0.1, -0.05) is 20.8 Å². The number of hydrogen-bond donors (Lipinski definition) is 2. The minimum absolute atomic E-state index is 0.113. The zero-order chi connectivity index (χ0) is 9.56. The molecular weight excluding hydrogens is 152 g/mol. The monoisotopic (exact) mass is 172 g/mol. The standard InChI is InChI=1S/C9H20N2O/c1-4-9(12)11-8(5-6-10)7(2)3/h7-8H,4-6,10H2,1-3H3,(H,11,12). The Bertz CT molecular complexity index is 134.